The molecule has 3 rings (SSSR count). The molecule has 8 heteroatoms. The maximum atomic E-state index is 12.5. The Hall–Kier alpha value is -2.74. The summed E-state index contributed by atoms with van der Waals surface area (Å²) in [4.78, 5) is 45.0. The molecule has 3 aromatic rings. The van der Waals surface area contributed by atoms with E-state index in [0.717, 1.165) is 10.4 Å². The molecule has 0 aromatic carbocycles. The van der Waals surface area contributed by atoms with Crippen LogP contribution in [0.4, 0.5) is 0 Å². The minimum Gasteiger partial charge on any atom is -0.451 e. The molecule has 0 saturated carbocycles. The average Bonchev–Trinajstić information content (AvgIpc) is 2.81. The molecule has 0 bridgehead atoms. The van der Waals surface area contributed by atoms with Crippen molar-refractivity contribution in [2.45, 2.75) is 40.7 Å². The number of aromatic amines is 1. The molecule has 3 aromatic heterocycles. The summed E-state index contributed by atoms with van der Waals surface area (Å²) >= 11 is 1.42. The van der Waals surface area contributed by atoms with Crippen molar-refractivity contribution in [2.75, 3.05) is 0 Å². The van der Waals surface area contributed by atoms with E-state index in [4.69, 9.17) is 9.15 Å². The van der Waals surface area contributed by atoms with Gasteiger partial charge in [0.1, 0.15) is 16.2 Å². The number of fused-ring (bicyclic) bond motifs is 1. The Bertz CT molecular complexity index is 1110. The number of H-pyrrole nitrogens is 1. The molecule has 3 heterocycles. The van der Waals surface area contributed by atoms with E-state index >= 15 is 0 Å². The highest BCUT2D eigenvalue weighted by atomic mass is 32.1. The number of esters is 1. The fourth-order valence-corrected chi connectivity index (χ4v) is 3.84. The number of thiophene rings is 1. The van der Waals surface area contributed by atoms with Crippen molar-refractivity contribution in [1.82, 2.24) is 9.97 Å². The molecule has 1 N–H and O–H groups in total. The highest BCUT2D eigenvalue weighted by Crippen LogP contribution is 2.27. The van der Waals surface area contributed by atoms with Gasteiger partial charge in [0.05, 0.1) is 5.39 Å². The quantitative estimate of drug-likeness (QED) is 0.707. The summed E-state index contributed by atoms with van der Waals surface area (Å²) in [7, 11) is 0. The monoisotopic (exact) mass is 374 g/mol. The third-order valence-corrected chi connectivity index (χ3v) is 5.37. The largest absolute Gasteiger partial charge is 0.451 e. The summed E-state index contributed by atoms with van der Waals surface area (Å²) in [6.45, 7) is 8.59. The third kappa shape index (κ3) is 3.08. The molecule has 26 heavy (non-hydrogen) atoms. The Balaban J connectivity index is 1.94. The highest BCUT2D eigenvalue weighted by Gasteiger charge is 2.22. The van der Waals surface area contributed by atoms with Gasteiger partial charge in [-0.3, -0.25) is 4.79 Å². The van der Waals surface area contributed by atoms with Crippen LogP contribution < -0.4 is 11.2 Å². The van der Waals surface area contributed by atoms with Crippen LogP contribution in [-0.2, 0) is 4.74 Å². The first-order valence-corrected chi connectivity index (χ1v) is 8.83. The molecule has 0 amide bonds. The Labute approximate surface area is 152 Å². The topological polar surface area (TPSA) is 102 Å². The van der Waals surface area contributed by atoms with Gasteiger partial charge in [0.15, 0.2) is 11.9 Å². The van der Waals surface area contributed by atoms with Gasteiger partial charge < -0.3 is 14.1 Å². The van der Waals surface area contributed by atoms with Crippen LogP contribution in [0.25, 0.3) is 10.2 Å². The predicted octanol–water partition coefficient (Wildman–Crippen LogP) is 3.09. The molecule has 0 fully saturated rings. The van der Waals surface area contributed by atoms with Gasteiger partial charge in [-0.2, -0.15) is 0 Å². The van der Waals surface area contributed by atoms with E-state index in [1.165, 1.54) is 24.3 Å². The number of rotatable bonds is 3. The van der Waals surface area contributed by atoms with Gasteiger partial charge in [-0.1, -0.05) is 0 Å². The zero-order valence-corrected chi connectivity index (χ0v) is 15.9. The number of aryl methyl sites for hydroxylation is 4. The van der Waals surface area contributed by atoms with E-state index in [1.54, 1.807) is 13.8 Å². The molecule has 7 nitrogen and oxygen atoms in total. The summed E-state index contributed by atoms with van der Waals surface area (Å²) < 4.78 is 10.4. The van der Waals surface area contributed by atoms with Gasteiger partial charge in [0.2, 0.25) is 0 Å². The van der Waals surface area contributed by atoms with Crippen LogP contribution in [0, 0.1) is 27.7 Å². The van der Waals surface area contributed by atoms with Gasteiger partial charge in [0.25, 0.3) is 5.56 Å². The minimum absolute atomic E-state index is 0.189. The fraction of sp³-hybridized carbons (Fsp3) is 0.333. The Morgan fingerprint density at radius 3 is 2.62 bits per heavy atom. The van der Waals surface area contributed by atoms with Gasteiger partial charge >= 0.3 is 11.6 Å². The lowest BCUT2D eigenvalue weighted by Gasteiger charge is -2.14. The zero-order chi connectivity index (χ0) is 19.2. The third-order valence-electron chi connectivity index (χ3n) is 4.26. The normalized spacial score (nSPS) is 12.3. The lowest BCUT2D eigenvalue weighted by molar-refractivity contribution is 0.0314. The lowest BCUT2D eigenvalue weighted by atomic mass is 10.1. The zero-order valence-electron chi connectivity index (χ0n) is 15.1. The number of nitrogens with one attached hydrogen (secondary N) is 1. The molecule has 0 radical (unpaired) electrons. The van der Waals surface area contributed by atoms with Gasteiger partial charge in [-0.25, -0.2) is 14.6 Å². The van der Waals surface area contributed by atoms with Crippen molar-refractivity contribution in [3.05, 3.63) is 60.0 Å². The maximum absolute atomic E-state index is 12.5. The van der Waals surface area contributed by atoms with Gasteiger partial charge in [0, 0.05) is 10.9 Å². The summed E-state index contributed by atoms with van der Waals surface area (Å²) in [6, 6.07) is 1.23. The first-order chi connectivity index (χ1) is 12.2. The summed E-state index contributed by atoms with van der Waals surface area (Å²) in [5.41, 5.74) is 0.790. The van der Waals surface area contributed by atoms with Gasteiger partial charge in [-0.15, -0.1) is 11.3 Å². The van der Waals surface area contributed by atoms with Gasteiger partial charge in [-0.05, 0) is 45.7 Å². The van der Waals surface area contributed by atoms with E-state index in [2.05, 4.69) is 9.97 Å². The molecule has 1 unspecified atom stereocenters. The lowest BCUT2D eigenvalue weighted by Crippen LogP contribution is -2.19. The molecule has 1 atom stereocenters. The van der Waals surface area contributed by atoms with E-state index < -0.39 is 17.7 Å². The Morgan fingerprint density at radius 1 is 1.27 bits per heavy atom. The minimum atomic E-state index is -0.770. The molecule has 0 aliphatic rings. The maximum Gasteiger partial charge on any atom is 0.342 e. The smallest absolute Gasteiger partial charge is 0.342 e. The number of aromatic nitrogens is 2. The first-order valence-electron chi connectivity index (χ1n) is 8.01. The van der Waals surface area contributed by atoms with Crippen molar-refractivity contribution in [3.8, 4) is 0 Å². The number of ether oxygens (including phenoxy) is 1. The summed E-state index contributed by atoms with van der Waals surface area (Å²) in [5.74, 6) is -0.184. The fourth-order valence-electron chi connectivity index (χ4n) is 2.80. The van der Waals surface area contributed by atoms with Crippen LogP contribution in [0.3, 0.4) is 0 Å². The molecule has 136 valence electrons. The van der Waals surface area contributed by atoms with Crippen LogP contribution in [0.1, 0.15) is 51.0 Å². The molecular weight excluding hydrogens is 356 g/mol. The molecule has 0 spiro atoms. The number of hydrogen-bond donors (Lipinski definition) is 1. The van der Waals surface area contributed by atoms with Crippen LogP contribution in [0.5, 0.6) is 0 Å². The molecule has 0 aliphatic carbocycles. The number of carbonyl (C=O) groups excluding carboxylic acids is 1. The average molecular weight is 374 g/mol. The second-order valence-corrected chi connectivity index (χ2v) is 7.34. The van der Waals surface area contributed by atoms with E-state index in [0.29, 0.717) is 15.8 Å². The standard InChI is InChI=1S/C18H18N2O5S/c1-7-6-12(21)24-9(3)13(7)18(23)25-10(4)15-19-16(22)14-8(2)11(5)26-17(14)20-15/h6,10H,1-5H3,(H,19,20,22). The van der Waals surface area contributed by atoms with Crippen LogP contribution in [0.15, 0.2) is 20.1 Å². The first kappa shape index (κ1) is 18.1. The number of nitrogens with zero attached hydrogens (tertiary/aromatic N) is 1. The second kappa shape index (κ2) is 6.53. The van der Waals surface area contributed by atoms with Crippen molar-refractivity contribution < 1.29 is 13.9 Å². The molecule has 0 aliphatic heterocycles. The van der Waals surface area contributed by atoms with E-state index in [9.17, 15) is 14.4 Å². The van der Waals surface area contributed by atoms with Crippen molar-refractivity contribution in [2.24, 2.45) is 0 Å². The summed E-state index contributed by atoms with van der Waals surface area (Å²) in [5, 5.41) is 0.561. The SMILES string of the molecule is Cc1cc(=O)oc(C)c1C(=O)OC(C)c1nc2sc(C)c(C)c2c(=O)[nH]1. The second-order valence-electron chi connectivity index (χ2n) is 6.14. The van der Waals surface area contributed by atoms with Crippen molar-refractivity contribution in [3.63, 3.8) is 0 Å². The van der Waals surface area contributed by atoms with Crippen LogP contribution in [0.2, 0.25) is 0 Å². The number of carbonyl (C=O) groups is 1. The Morgan fingerprint density at radius 2 is 1.96 bits per heavy atom. The van der Waals surface area contributed by atoms with Crippen molar-refractivity contribution >= 4 is 27.5 Å². The molecular formula is C18H18N2O5S. The number of hydrogen-bond acceptors (Lipinski definition) is 7. The Kier molecular flexibility index (Phi) is 4.53. The van der Waals surface area contributed by atoms with Crippen molar-refractivity contribution in [1.29, 1.82) is 0 Å². The van der Waals surface area contributed by atoms with E-state index in [-0.39, 0.29) is 22.7 Å². The highest BCUT2D eigenvalue weighted by molar-refractivity contribution is 7.18. The van der Waals surface area contributed by atoms with E-state index in [1.807, 2.05) is 13.8 Å². The van der Waals surface area contributed by atoms with Crippen LogP contribution >= 0.6 is 11.3 Å². The van der Waals surface area contributed by atoms with Crippen LogP contribution in [-0.4, -0.2) is 15.9 Å². The summed E-state index contributed by atoms with van der Waals surface area (Å²) in [6.07, 6.45) is -0.770. The predicted molar refractivity (Wildman–Crippen MR) is 98.0 cm³/mol. The molecule has 0 saturated heterocycles.